The summed E-state index contributed by atoms with van der Waals surface area (Å²) in [5.41, 5.74) is 5.51. The van der Waals surface area contributed by atoms with E-state index < -0.39 is 25.1 Å². The van der Waals surface area contributed by atoms with Gasteiger partial charge in [-0.15, -0.1) is 0 Å². The fraction of sp³-hybridized carbons (Fsp3) is 0.500. The van der Waals surface area contributed by atoms with Crippen LogP contribution in [0.15, 0.2) is 11.1 Å². The summed E-state index contributed by atoms with van der Waals surface area (Å²) in [6.07, 6.45) is 1.12. The van der Waals surface area contributed by atoms with Gasteiger partial charge in [0.15, 0.2) is 17.0 Å². The molecule has 2 aromatic rings. The number of hydrogen-bond acceptors (Lipinski definition) is 6. The van der Waals surface area contributed by atoms with Gasteiger partial charge in [0, 0.05) is 11.2 Å². The van der Waals surface area contributed by atoms with Crippen LogP contribution in [0.5, 0.6) is 0 Å². The van der Waals surface area contributed by atoms with E-state index in [1.54, 1.807) is 4.57 Å². The van der Waals surface area contributed by atoms with E-state index >= 15 is 0 Å². The smallest absolute Gasteiger partial charge is 0.354 e. The molecular weight excluding hydrogens is 381 g/mol. The number of halogens is 1. The van der Waals surface area contributed by atoms with Crippen LogP contribution >= 0.6 is 23.5 Å². The molecule has 120 valence electrons. The molecule has 0 bridgehead atoms. The second-order valence-corrected chi connectivity index (χ2v) is 7.92. The van der Waals surface area contributed by atoms with Crippen molar-refractivity contribution in [3.05, 3.63) is 16.7 Å². The Morgan fingerprint density at radius 2 is 2.32 bits per heavy atom. The average Bonchev–Trinajstić information content (AvgIpc) is 2.95. The quantitative estimate of drug-likeness (QED) is 0.410. The van der Waals surface area contributed by atoms with E-state index in [-0.39, 0.29) is 29.3 Å². The number of aromatic amines is 1. The SMILES string of the molecule is Nc1nc2c(ncn2C[C@H]2O[C@H](P(=O)(O)O)C[C@@H]2Br)c(=O)[nH]1. The number of nitrogens with zero attached hydrogens (tertiary/aromatic N) is 3. The third-order valence-electron chi connectivity index (χ3n) is 3.41. The summed E-state index contributed by atoms with van der Waals surface area (Å²) in [5.74, 6) is -1.17. The van der Waals surface area contributed by atoms with E-state index in [1.165, 1.54) is 6.33 Å². The second kappa shape index (κ2) is 5.43. The van der Waals surface area contributed by atoms with Crippen molar-refractivity contribution in [2.75, 3.05) is 5.73 Å². The molecule has 0 spiro atoms. The predicted molar refractivity (Wildman–Crippen MR) is 80.6 cm³/mol. The number of ether oxygens (including phenoxy) is 1. The molecule has 3 rings (SSSR count). The van der Waals surface area contributed by atoms with Crippen molar-refractivity contribution in [1.29, 1.82) is 0 Å². The first-order valence-electron chi connectivity index (χ1n) is 6.31. The van der Waals surface area contributed by atoms with Gasteiger partial charge in [-0.25, -0.2) is 4.98 Å². The molecule has 0 radical (unpaired) electrons. The second-order valence-electron chi connectivity index (χ2n) is 4.99. The maximum Gasteiger partial charge on any atom is 0.354 e. The predicted octanol–water partition coefficient (Wildman–Crippen LogP) is -0.242. The number of nitrogens with one attached hydrogen (secondary N) is 1. The maximum atomic E-state index is 11.7. The van der Waals surface area contributed by atoms with E-state index in [0.717, 1.165) is 0 Å². The van der Waals surface area contributed by atoms with Crippen LogP contribution in [0.1, 0.15) is 6.42 Å². The van der Waals surface area contributed by atoms with Crippen LogP contribution in [0.2, 0.25) is 0 Å². The molecule has 0 amide bonds. The van der Waals surface area contributed by atoms with Crippen molar-refractivity contribution in [3.8, 4) is 0 Å². The topological polar surface area (TPSA) is 156 Å². The molecule has 3 heterocycles. The maximum absolute atomic E-state index is 11.7. The number of aromatic nitrogens is 4. The normalized spacial score (nSPS) is 25.9. The lowest BCUT2D eigenvalue weighted by atomic mass is 10.2. The minimum Gasteiger partial charge on any atom is -0.369 e. The zero-order valence-corrected chi connectivity index (χ0v) is 13.6. The van der Waals surface area contributed by atoms with Crippen molar-refractivity contribution in [3.63, 3.8) is 0 Å². The van der Waals surface area contributed by atoms with Crippen LogP contribution < -0.4 is 11.3 Å². The van der Waals surface area contributed by atoms with Gasteiger partial charge in [-0.1, -0.05) is 15.9 Å². The number of fused-ring (bicyclic) bond motifs is 1. The minimum absolute atomic E-state index is 0.0323. The van der Waals surface area contributed by atoms with Crippen molar-refractivity contribution >= 4 is 40.6 Å². The van der Waals surface area contributed by atoms with E-state index in [2.05, 4.69) is 30.9 Å². The van der Waals surface area contributed by atoms with Gasteiger partial charge in [-0.3, -0.25) is 14.3 Å². The number of anilines is 1. The molecule has 3 atom stereocenters. The molecule has 0 saturated carbocycles. The molecule has 22 heavy (non-hydrogen) atoms. The van der Waals surface area contributed by atoms with Crippen LogP contribution in [0, 0.1) is 0 Å². The third kappa shape index (κ3) is 2.82. The van der Waals surface area contributed by atoms with Gasteiger partial charge in [0.1, 0.15) is 0 Å². The number of H-pyrrole nitrogens is 1. The molecule has 1 aliphatic rings. The standard InChI is InChI=1S/C10H13BrN5O5P/c11-4-1-6(22(18,19)20)21-5(4)2-16-3-13-7-8(16)14-10(12)15-9(7)17/h3-6H,1-2H2,(H2,18,19,20)(H3,12,14,15,17)/t4-,5+,6+/m0/s1. The average molecular weight is 394 g/mol. The molecule has 2 aromatic heterocycles. The van der Waals surface area contributed by atoms with E-state index in [1.807, 2.05) is 0 Å². The first-order chi connectivity index (χ1) is 10.3. The highest BCUT2D eigenvalue weighted by atomic mass is 79.9. The summed E-state index contributed by atoms with van der Waals surface area (Å²) < 4.78 is 18.3. The van der Waals surface area contributed by atoms with Gasteiger partial charge in [0.2, 0.25) is 5.95 Å². The Morgan fingerprint density at radius 3 is 2.95 bits per heavy atom. The first kappa shape index (κ1) is 15.6. The highest BCUT2D eigenvalue weighted by molar-refractivity contribution is 9.09. The van der Waals surface area contributed by atoms with Gasteiger partial charge in [0.05, 0.1) is 19.0 Å². The Kier molecular flexibility index (Phi) is 3.86. The summed E-state index contributed by atoms with van der Waals surface area (Å²) in [7, 11) is -4.31. The largest absolute Gasteiger partial charge is 0.369 e. The lowest BCUT2D eigenvalue weighted by molar-refractivity contribution is 0.0639. The molecule has 1 aliphatic heterocycles. The summed E-state index contributed by atoms with van der Waals surface area (Å²) in [5, 5.41) is 0. The Bertz CT molecular complexity index is 816. The molecule has 12 heteroatoms. The molecular formula is C10H13BrN5O5P. The fourth-order valence-corrected chi connectivity index (χ4v) is 4.10. The number of imidazole rings is 1. The van der Waals surface area contributed by atoms with Crippen LogP contribution in [0.4, 0.5) is 5.95 Å². The number of hydrogen-bond donors (Lipinski definition) is 4. The molecule has 0 aromatic carbocycles. The lowest BCUT2D eigenvalue weighted by Crippen LogP contribution is -2.23. The van der Waals surface area contributed by atoms with Crippen molar-refractivity contribution in [2.24, 2.45) is 0 Å². The van der Waals surface area contributed by atoms with Crippen molar-refractivity contribution in [2.45, 2.75) is 29.7 Å². The molecule has 5 N–H and O–H groups in total. The van der Waals surface area contributed by atoms with Gasteiger partial charge >= 0.3 is 7.60 Å². The monoisotopic (exact) mass is 393 g/mol. The molecule has 0 unspecified atom stereocenters. The zero-order chi connectivity index (χ0) is 16.1. The zero-order valence-electron chi connectivity index (χ0n) is 11.1. The highest BCUT2D eigenvalue weighted by Crippen LogP contribution is 2.49. The minimum atomic E-state index is -4.31. The molecule has 0 aliphatic carbocycles. The number of alkyl halides is 1. The highest BCUT2D eigenvalue weighted by Gasteiger charge is 2.43. The molecule has 1 fully saturated rings. The summed E-state index contributed by atoms with van der Waals surface area (Å²) in [6.45, 7) is 0.235. The van der Waals surface area contributed by atoms with E-state index in [4.69, 9.17) is 10.5 Å². The van der Waals surface area contributed by atoms with Gasteiger partial charge < -0.3 is 24.8 Å². The Labute approximate surface area is 132 Å². The van der Waals surface area contributed by atoms with Gasteiger partial charge in [0.25, 0.3) is 5.56 Å². The number of rotatable bonds is 3. The van der Waals surface area contributed by atoms with Crippen molar-refractivity contribution in [1.82, 2.24) is 19.5 Å². The Balaban J connectivity index is 1.88. The summed E-state index contributed by atoms with van der Waals surface area (Å²) in [6, 6.07) is 0. The summed E-state index contributed by atoms with van der Waals surface area (Å²) in [4.78, 5) is 40.2. The Morgan fingerprint density at radius 1 is 1.59 bits per heavy atom. The fourth-order valence-electron chi connectivity index (χ4n) is 2.36. The number of nitrogen functional groups attached to an aromatic ring is 1. The first-order valence-corrected chi connectivity index (χ1v) is 8.91. The van der Waals surface area contributed by atoms with Crippen molar-refractivity contribution < 1.29 is 19.1 Å². The van der Waals surface area contributed by atoms with Crippen LogP contribution in [-0.2, 0) is 15.8 Å². The number of nitrogens with two attached hydrogens (primary N) is 1. The Hall–Kier alpha value is -1.26. The summed E-state index contributed by atoms with van der Waals surface area (Å²) >= 11 is 3.36. The molecule has 1 saturated heterocycles. The van der Waals surface area contributed by atoms with E-state index in [0.29, 0.717) is 5.65 Å². The van der Waals surface area contributed by atoms with Crippen LogP contribution in [-0.4, -0.2) is 46.1 Å². The van der Waals surface area contributed by atoms with E-state index in [9.17, 15) is 19.1 Å². The van der Waals surface area contributed by atoms with Gasteiger partial charge in [-0.2, -0.15) is 4.98 Å². The van der Waals surface area contributed by atoms with Crippen LogP contribution in [0.3, 0.4) is 0 Å². The molecule has 10 nitrogen and oxygen atoms in total. The lowest BCUT2D eigenvalue weighted by Gasteiger charge is -2.16. The van der Waals surface area contributed by atoms with Gasteiger partial charge in [-0.05, 0) is 0 Å². The third-order valence-corrected chi connectivity index (χ3v) is 5.45. The van der Waals surface area contributed by atoms with Crippen LogP contribution in [0.25, 0.3) is 11.2 Å².